The van der Waals surface area contributed by atoms with Crippen molar-refractivity contribution in [1.82, 2.24) is 19.9 Å². The molecule has 0 aliphatic carbocycles. The SMILES string of the molecule is Cc1ncc2c(n1)CCN(Cc1cc(F)cnc1Cl)C2. The predicted octanol–water partition coefficient (Wildman–Crippen LogP) is 2.53. The Labute approximate surface area is 121 Å². The summed E-state index contributed by atoms with van der Waals surface area (Å²) in [4.78, 5) is 14.7. The molecule has 2 aromatic rings. The third-order valence-electron chi connectivity index (χ3n) is 3.41. The zero-order chi connectivity index (χ0) is 14.1. The Morgan fingerprint density at radius 1 is 1.35 bits per heavy atom. The van der Waals surface area contributed by atoms with Crippen molar-refractivity contribution in [2.45, 2.75) is 26.4 Å². The van der Waals surface area contributed by atoms with Crippen molar-refractivity contribution in [3.63, 3.8) is 0 Å². The number of nitrogens with zero attached hydrogens (tertiary/aromatic N) is 4. The van der Waals surface area contributed by atoms with Gasteiger partial charge in [-0.2, -0.15) is 0 Å². The molecule has 6 heteroatoms. The molecule has 0 bridgehead atoms. The number of rotatable bonds is 2. The number of fused-ring (bicyclic) bond motifs is 1. The molecule has 3 heterocycles. The fourth-order valence-electron chi connectivity index (χ4n) is 2.43. The largest absolute Gasteiger partial charge is 0.294 e. The maximum Gasteiger partial charge on any atom is 0.141 e. The Morgan fingerprint density at radius 3 is 3.05 bits per heavy atom. The number of aryl methyl sites for hydroxylation is 1. The molecule has 0 amide bonds. The summed E-state index contributed by atoms with van der Waals surface area (Å²) in [7, 11) is 0. The summed E-state index contributed by atoms with van der Waals surface area (Å²) < 4.78 is 13.2. The lowest BCUT2D eigenvalue weighted by atomic mass is 10.1. The third-order valence-corrected chi connectivity index (χ3v) is 3.75. The van der Waals surface area contributed by atoms with Crippen LogP contribution < -0.4 is 0 Å². The topological polar surface area (TPSA) is 41.9 Å². The van der Waals surface area contributed by atoms with Gasteiger partial charge >= 0.3 is 0 Å². The molecule has 0 saturated carbocycles. The molecule has 1 aliphatic heterocycles. The molecule has 20 heavy (non-hydrogen) atoms. The van der Waals surface area contributed by atoms with Crippen LogP contribution in [-0.2, 0) is 19.5 Å². The molecule has 0 saturated heterocycles. The van der Waals surface area contributed by atoms with Crippen molar-refractivity contribution in [3.05, 3.63) is 52.1 Å². The number of hydrogen-bond donors (Lipinski definition) is 0. The number of hydrogen-bond acceptors (Lipinski definition) is 4. The average molecular weight is 293 g/mol. The van der Waals surface area contributed by atoms with Gasteiger partial charge in [-0.3, -0.25) is 4.90 Å². The second-order valence-electron chi connectivity index (χ2n) is 4.95. The van der Waals surface area contributed by atoms with Crippen LogP contribution in [0.3, 0.4) is 0 Å². The van der Waals surface area contributed by atoms with E-state index in [0.717, 1.165) is 42.8 Å². The third kappa shape index (κ3) is 2.78. The molecule has 0 aromatic carbocycles. The van der Waals surface area contributed by atoms with Gasteiger partial charge in [0.25, 0.3) is 0 Å². The minimum atomic E-state index is -0.360. The summed E-state index contributed by atoms with van der Waals surface area (Å²) in [6.07, 6.45) is 3.88. The molecule has 4 nitrogen and oxygen atoms in total. The molecular formula is C14H14ClFN4. The molecule has 0 fully saturated rings. The minimum absolute atomic E-state index is 0.359. The normalized spacial score (nSPS) is 15.2. The smallest absolute Gasteiger partial charge is 0.141 e. The van der Waals surface area contributed by atoms with Crippen LogP contribution in [0.5, 0.6) is 0 Å². The quantitative estimate of drug-likeness (QED) is 0.798. The van der Waals surface area contributed by atoms with Crippen molar-refractivity contribution < 1.29 is 4.39 Å². The molecule has 0 spiro atoms. The molecule has 0 atom stereocenters. The van der Waals surface area contributed by atoms with Crippen LogP contribution >= 0.6 is 11.6 Å². The summed E-state index contributed by atoms with van der Waals surface area (Å²) in [5, 5.41) is 0.359. The summed E-state index contributed by atoms with van der Waals surface area (Å²) in [6, 6.07) is 1.44. The molecule has 0 N–H and O–H groups in total. The zero-order valence-corrected chi connectivity index (χ0v) is 11.9. The summed E-state index contributed by atoms with van der Waals surface area (Å²) in [6.45, 7) is 4.10. The highest BCUT2D eigenvalue weighted by Crippen LogP contribution is 2.21. The highest BCUT2D eigenvalue weighted by Gasteiger charge is 2.19. The van der Waals surface area contributed by atoms with Crippen LogP contribution in [0.1, 0.15) is 22.6 Å². The van der Waals surface area contributed by atoms with Crippen molar-refractivity contribution in [2.75, 3.05) is 6.54 Å². The van der Waals surface area contributed by atoms with Gasteiger partial charge in [0.1, 0.15) is 16.8 Å². The van der Waals surface area contributed by atoms with Gasteiger partial charge in [0.2, 0.25) is 0 Å². The van der Waals surface area contributed by atoms with Gasteiger partial charge < -0.3 is 0 Å². The standard InChI is InChI=1S/C14H14ClFN4/c1-9-17-5-11-8-20(3-2-13(11)19-9)7-10-4-12(16)6-18-14(10)15/h4-6H,2-3,7-8H2,1H3. The zero-order valence-electron chi connectivity index (χ0n) is 11.1. The van der Waals surface area contributed by atoms with E-state index in [1.54, 1.807) is 0 Å². The van der Waals surface area contributed by atoms with E-state index in [4.69, 9.17) is 11.6 Å². The molecule has 3 rings (SSSR count). The Hall–Kier alpha value is -1.59. The van der Waals surface area contributed by atoms with E-state index >= 15 is 0 Å². The Bertz CT molecular complexity index is 647. The number of aromatic nitrogens is 3. The van der Waals surface area contributed by atoms with Crippen molar-refractivity contribution >= 4 is 11.6 Å². The van der Waals surface area contributed by atoms with Gasteiger partial charge in [0, 0.05) is 49.1 Å². The van der Waals surface area contributed by atoms with Crippen molar-refractivity contribution in [1.29, 1.82) is 0 Å². The fourth-order valence-corrected chi connectivity index (χ4v) is 2.59. The number of pyridine rings is 1. The van der Waals surface area contributed by atoms with Crippen LogP contribution in [0.2, 0.25) is 5.15 Å². The van der Waals surface area contributed by atoms with Gasteiger partial charge in [0.05, 0.1) is 6.20 Å². The maximum absolute atomic E-state index is 13.2. The lowest BCUT2D eigenvalue weighted by molar-refractivity contribution is 0.242. The fraction of sp³-hybridized carbons (Fsp3) is 0.357. The van der Waals surface area contributed by atoms with Gasteiger partial charge in [-0.1, -0.05) is 11.6 Å². The van der Waals surface area contributed by atoms with E-state index in [0.29, 0.717) is 17.3 Å². The monoisotopic (exact) mass is 292 g/mol. The molecule has 2 aromatic heterocycles. The van der Waals surface area contributed by atoms with Gasteiger partial charge in [-0.25, -0.2) is 19.3 Å². The van der Waals surface area contributed by atoms with Crippen molar-refractivity contribution in [3.8, 4) is 0 Å². The highest BCUT2D eigenvalue weighted by atomic mass is 35.5. The summed E-state index contributed by atoms with van der Waals surface area (Å²) >= 11 is 6.01. The Balaban J connectivity index is 1.77. The average Bonchev–Trinajstić information content (AvgIpc) is 2.43. The van der Waals surface area contributed by atoms with Crippen LogP contribution in [0.25, 0.3) is 0 Å². The maximum atomic E-state index is 13.2. The van der Waals surface area contributed by atoms with Gasteiger partial charge in [-0.15, -0.1) is 0 Å². The predicted molar refractivity (Wildman–Crippen MR) is 73.8 cm³/mol. The van der Waals surface area contributed by atoms with Gasteiger partial charge in [0.15, 0.2) is 0 Å². The minimum Gasteiger partial charge on any atom is -0.294 e. The summed E-state index contributed by atoms with van der Waals surface area (Å²) in [5.41, 5.74) is 2.95. The van der Waals surface area contributed by atoms with Crippen LogP contribution in [-0.4, -0.2) is 26.4 Å². The Kier molecular flexibility index (Phi) is 3.63. The van der Waals surface area contributed by atoms with Crippen molar-refractivity contribution in [2.24, 2.45) is 0 Å². The van der Waals surface area contributed by atoms with E-state index in [2.05, 4.69) is 19.9 Å². The van der Waals surface area contributed by atoms with Crippen LogP contribution in [0.15, 0.2) is 18.5 Å². The first-order valence-corrected chi connectivity index (χ1v) is 6.83. The van der Waals surface area contributed by atoms with E-state index in [-0.39, 0.29) is 5.82 Å². The molecule has 0 radical (unpaired) electrons. The van der Waals surface area contributed by atoms with E-state index in [9.17, 15) is 4.39 Å². The highest BCUT2D eigenvalue weighted by molar-refractivity contribution is 6.30. The second-order valence-corrected chi connectivity index (χ2v) is 5.31. The molecule has 104 valence electrons. The van der Waals surface area contributed by atoms with Crippen LogP contribution in [0, 0.1) is 12.7 Å². The van der Waals surface area contributed by atoms with E-state index < -0.39 is 0 Å². The van der Waals surface area contributed by atoms with Crippen LogP contribution in [0.4, 0.5) is 4.39 Å². The first kappa shape index (κ1) is 13.4. The first-order chi connectivity index (χ1) is 9.61. The second kappa shape index (κ2) is 5.42. The summed E-state index contributed by atoms with van der Waals surface area (Å²) in [5.74, 6) is 0.440. The first-order valence-electron chi connectivity index (χ1n) is 6.45. The van der Waals surface area contributed by atoms with Gasteiger partial charge in [-0.05, 0) is 13.0 Å². The lowest BCUT2D eigenvalue weighted by Gasteiger charge is -2.28. The lowest BCUT2D eigenvalue weighted by Crippen LogP contribution is -2.31. The van der Waals surface area contributed by atoms with E-state index in [1.807, 2.05) is 13.1 Å². The molecular weight excluding hydrogens is 279 g/mol. The molecule has 1 aliphatic rings. The molecule has 0 unspecified atom stereocenters. The number of halogens is 2. The Morgan fingerprint density at radius 2 is 2.20 bits per heavy atom. The van der Waals surface area contributed by atoms with E-state index in [1.165, 1.54) is 6.07 Å².